The van der Waals surface area contributed by atoms with Gasteiger partial charge >= 0.3 is 0 Å². The van der Waals surface area contributed by atoms with Gasteiger partial charge in [0.15, 0.2) is 5.82 Å². The molecule has 0 radical (unpaired) electrons. The van der Waals surface area contributed by atoms with Gasteiger partial charge in [0, 0.05) is 26.1 Å². The van der Waals surface area contributed by atoms with Gasteiger partial charge in [0.1, 0.15) is 0 Å². The van der Waals surface area contributed by atoms with Crippen molar-refractivity contribution < 1.29 is 13.9 Å². The first-order valence-corrected chi connectivity index (χ1v) is 9.24. The highest BCUT2D eigenvalue weighted by Crippen LogP contribution is 2.41. The average molecular weight is 348 g/mol. The molecule has 1 atom stereocenters. The van der Waals surface area contributed by atoms with Crippen molar-refractivity contribution in [1.29, 1.82) is 0 Å². The number of nitrogens with one attached hydrogen (secondary N) is 1. The lowest BCUT2D eigenvalue weighted by Crippen LogP contribution is -2.57. The Bertz CT molecular complexity index is 612. The summed E-state index contributed by atoms with van der Waals surface area (Å²) in [5, 5.41) is 3.25. The van der Waals surface area contributed by atoms with E-state index in [0.717, 1.165) is 39.0 Å². The van der Waals surface area contributed by atoms with Gasteiger partial charge in [-0.25, -0.2) is 14.4 Å². The van der Waals surface area contributed by atoms with Gasteiger partial charge in [-0.15, -0.1) is 0 Å². The SMILES string of the molecule is O=C(CC1CC1)NC1COCCC12CCN(c1ncc(F)cn1)CC2. The maximum Gasteiger partial charge on any atom is 0.225 e. The number of rotatable bonds is 4. The average Bonchev–Trinajstić information content (AvgIpc) is 3.43. The van der Waals surface area contributed by atoms with Crippen molar-refractivity contribution in [2.75, 3.05) is 31.2 Å². The summed E-state index contributed by atoms with van der Waals surface area (Å²) in [6, 6.07) is 0.0868. The molecule has 3 fully saturated rings. The van der Waals surface area contributed by atoms with E-state index in [1.807, 2.05) is 0 Å². The molecule has 1 aliphatic carbocycles. The standard InChI is InChI=1S/C18H25FN4O2/c19-14-10-20-17(21-11-14)23-6-3-18(4-7-23)5-8-25-12-15(18)22-16(24)9-13-1-2-13/h10-11,13,15H,1-9,12H2,(H,22,24). The smallest absolute Gasteiger partial charge is 0.225 e. The topological polar surface area (TPSA) is 67.3 Å². The van der Waals surface area contributed by atoms with E-state index in [4.69, 9.17) is 4.74 Å². The van der Waals surface area contributed by atoms with E-state index >= 15 is 0 Å². The predicted octanol–water partition coefficient (Wildman–Crippen LogP) is 1.91. The zero-order valence-electron chi connectivity index (χ0n) is 14.4. The van der Waals surface area contributed by atoms with E-state index in [1.54, 1.807) is 0 Å². The van der Waals surface area contributed by atoms with Crippen LogP contribution in [0.2, 0.25) is 0 Å². The van der Waals surface area contributed by atoms with Crippen LogP contribution in [-0.2, 0) is 9.53 Å². The highest BCUT2D eigenvalue weighted by Gasteiger charge is 2.44. The molecule has 7 heteroatoms. The summed E-state index contributed by atoms with van der Waals surface area (Å²) in [7, 11) is 0. The number of piperidine rings is 1. The lowest BCUT2D eigenvalue weighted by Gasteiger charge is -2.49. The molecule has 2 aliphatic heterocycles. The zero-order valence-corrected chi connectivity index (χ0v) is 14.4. The van der Waals surface area contributed by atoms with Crippen molar-refractivity contribution in [3.8, 4) is 0 Å². The lowest BCUT2D eigenvalue weighted by atomic mass is 9.69. The Balaban J connectivity index is 1.39. The number of amides is 1. The van der Waals surface area contributed by atoms with E-state index in [1.165, 1.54) is 25.2 Å². The first-order valence-electron chi connectivity index (χ1n) is 9.24. The van der Waals surface area contributed by atoms with Crippen LogP contribution >= 0.6 is 0 Å². The molecule has 3 aliphatic rings. The van der Waals surface area contributed by atoms with Crippen LogP contribution in [0.1, 0.15) is 38.5 Å². The molecule has 1 N–H and O–H groups in total. The molecule has 136 valence electrons. The van der Waals surface area contributed by atoms with Gasteiger partial charge in [-0.1, -0.05) is 0 Å². The number of hydrogen-bond acceptors (Lipinski definition) is 5. The van der Waals surface area contributed by atoms with Crippen molar-refractivity contribution in [2.45, 2.75) is 44.6 Å². The molecule has 1 unspecified atom stereocenters. The van der Waals surface area contributed by atoms with E-state index < -0.39 is 5.82 Å². The minimum absolute atomic E-state index is 0.0868. The molecular weight excluding hydrogens is 323 g/mol. The van der Waals surface area contributed by atoms with Crippen molar-refractivity contribution >= 4 is 11.9 Å². The normalized spacial score (nSPS) is 25.8. The summed E-state index contributed by atoms with van der Waals surface area (Å²) in [6.07, 6.45) is 8.35. The van der Waals surface area contributed by atoms with Crippen LogP contribution in [0.5, 0.6) is 0 Å². The Kier molecular flexibility index (Phi) is 4.58. The number of halogens is 1. The van der Waals surface area contributed by atoms with Gasteiger partial charge in [-0.3, -0.25) is 4.79 Å². The van der Waals surface area contributed by atoms with E-state index in [0.29, 0.717) is 24.9 Å². The second kappa shape index (κ2) is 6.86. The zero-order chi connectivity index (χ0) is 17.3. The fourth-order valence-electron chi connectivity index (χ4n) is 4.08. The maximum absolute atomic E-state index is 13.0. The summed E-state index contributed by atoms with van der Waals surface area (Å²) in [4.78, 5) is 22.5. The van der Waals surface area contributed by atoms with Gasteiger partial charge in [0.2, 0.25) is 11.9 Å². The Hall–Kier alpha value is -1.76. The van der Waals surface area contributed by atoms with Crippen LogP contribution in [0.15, 0.2) is 12.4 Å². The number of ether oxygens (including phenoxy) is 1. The van der Waals surface area contributed by atoms with E-state index in [2.05, 4.69) is 20.2 Å². The molecule has 6 nitrogen and oxygen atoms in total. The van der Waals surface area contributed by atoms with E-state index in [9.17, 15) is 9.18 Å². The third kappa shape index (κ3) is 3.76. The van der Waals surface area contributed by atoms with Gasteiger partial charge < -0.3 is 15.0 Å². The van der Waals surface area contributed by atoms with Crippen LogP contribution < -0.4 is 10.2 Å². The third-order valence-electron chi connectivity index (χ3n) is 5.92. The number of hydrogen-bond donors (Lipinski definition) is 1. The minimum Gasteiger partial charge on any atom is -0.379 e. The van der Waals surface area contributed by atoms with Gasteiger partial charge in [0.05, 0.1) is 25.0 Å². The first kappa shape index (κ1) is 16.7. The number of carbonyl (C=O) groups is 1. The number of carbonyl (C=O) groups excluding carboxylic acids is 1. The maximum atomic E-state index is 13.0. The van der Waals surface area contributed by atoms with Gasteiger partial charge in [-0.2, -0.15) is 0 Å². The number of anilines is 1. The highest BCUT2D eigenvalue weighted by molar-refractivity contribution is 5.77. The lowest BCUT2D eigenvalue weighted by molar-refractivity contribution is -0.126. The molecule has 2 saturated heterocycles. The fraction of sp³-hybridized carbons (Fsp3) is 0.722. The molecule has 25 heavy (non-hydrogen) atoms. The molecule has 1 amide bonds. The van der Waals surface area contributed by atoms with Crippen LogP contribution in [0.25, 0.3) is 0 Å². The Labute approximate surface area is 147 Å². The molecule has 4 rings (SSSR count). The molecule has 1 spiro atoms. The van der Waals surface area contributed by atoms with Crippen LogP contribution in [0.3, 0.4) is 0 Å². The van der Waals surface area contributed by atoms with Gasteiger partial charge in [0.25, 0.3) is 0 Å². The molecule has 1 aromatic rings. The van der Waals surface area contributed by atoms with Gasteiger partial charge in [-0.05, 0) is 43.4 Å². The monoisotopic (exact) mass is 348 g/mol. The summed E-state index contributed by atoms with van der Waals surface area (Å²) in [5.74, 6) is 0.928. The predicted molar refractivity (Wildman–Crippen MR) is 90.6 cm³/mol. The highest BCUT2D eigenvalue weighted by atomic mass is 19.1. The summed E-state index contributed by atoms with van der Waals surface area (Å²) < 4.78 is 18.7. The Morgan fingerprint density at radius 1 is 1.28 bits per heavy atom. The molecule has 0 bridgehead atoms. The summed E-state index contributed by atoms with van der Waals surface area (Å²) in [6.45, 7) is 2.99. The molecule has 1 aromatic heterocycles. The largest absolute Gasteiger partial charge is 0.379 e. The van der Waals surface area contributed by atoms with Crippen LogP contribution in [0.4, 0.5) is 10.3 Å². The Morgan fingerprint density at radius 3 is 2.68 bits per heavy atom. The minimum atomic E-state index is -0.417. The molecular formula is C18H25FN4O2. The second-order valence-corrected chi connectivity index (χ2v) is 7.64. The molecule has 1 saturated carbocycles. The number of aromatic nitrogens is 2. The quantitative estimate of drug-likeness (QED) is 0.900. The van der Waals surface area contributed by atoms with Crippen LogP contribution in [0, 0.1) is 17.2 Å². The summed E-state index contributed by atoms with van der Waals surface area (Å²) in [5.41, 5.74) is 0.0913. The van der Waals surface area contributed by atoms with Crippen molar-refractivity contribution in [3.63, 3.8) is 0 Å². The van der Waals surface area contributed by atoms with Crippen molar-refractivity contribution in [1.82, 2.24) is 15.3 Å². The van der Waals surface area contributed by atoms with Crippen molar-refractivity contribution in [2.24, 2.45) is 11.3 Å². The Morgan fingerprint density at radius 2 is 2.00 bits per heavy atom. The fourth-order valence-corrected chi connectivity index (χ4v) is 4.08. The van der Waals surface area contributed by atoms with Crippen molar-refractivity contribution in [3.05, 3.63) is 18.2 Å². The first-order chi connectivity index (χ1) is 12.1. The van der Waals surface area contributed by atoms with E-state index in [-0.39, 0.29) is 17.4 Å². The molecule has 3 heterocycles. The van der Waals surface area contributed by atoms with Crippen LogP contribution in [-0.4, -0.2) is 48.2 Å². The molecule has 0 aromatic carbocycles. The second-order valence-electron chi connectivity index (χ2n) is 7.64. The third-order valence-corrected chi connectivity index (χ3v) is 5.92. The summed E-state index contributed by atoms with van der Waals surface area (Å²) >= 11 is 0. The number of nitrogens with zero attached hydrogens (tertiary/aromatic N) is 3.